The minimum Gasteiger partial charge on any atom is -0.341 e. The van der Waals surface area contributed by atoms with E-state index in [1.54, 1.807) is 11.9 Å². The molecule has 1 aromatic rings. The number of sulfone groups is 1. The molecule has 0 spiro atoms. The van der Waals surface area contributed by atoms with Crippen molar-refractivity contribution in [1.82, 2.24) is 10.2 Å². The van der Waals surface area contributed by atoms with Crippen LogP contribution in [0.5, 0.6) is 0 Å². The van der Waals surface area contributed by atoms with E-state index in [4.69, 9.17) is 0 Å². The third-order valence-corrected chi connectivity index (χ3v) is 5.61. The molecule has 6 heteroatoms. The Bertz CT molecular complexity index is 572. The first kappa shape index (κ1) is 16.0. The van der Waals surface area contributed by atoms with Crippen molar-refractivity contribution in [2.24, 2.45) is 0 Å². The number of carbonyl (C=O) groups is 1. The zero-order valence-electron chi connectivity index (χ0n) is 12.3. The van der Waals surface area contributed by atoms with Gasteiger partial charge in [-0.3, -0.25) is 4.79 Å². The molecule has 1 fully saturated rings. The van der Waals surface area contributed by atoms with E-state index in [1.807, 2.05) is 18.2 Å². The summed E-state index contributed by atoms with van der Waals surface area (Å²) in [6.07, 6.45) is 1.42. The van der Waals surface area contributed by atoms with E-state index in [1.165, 1.54) is 5.56 Å². The molecule has 1 heterocycles. The molecule has 21 heavy (non-hydrogen) atoms. The van der Waals surface area contributed by atoms with E-state index < -0.39 is 9.84 Å². The molecule has 0 aliphatic carbocycles. The number of rotatable bonds is 6. The van der Waals surface area contributed by atoms with Crippen LogP contribution in [0.1, 0.15) is 12.0 Å². The van der Waals surface area contributed by atoms with Gasteiger partial charge in [-0.25, -0.2) is 8.42 Å². The van der Waals surface area contributed by atoms with Crippen LogP contribution in [0, 0.1) is 0 Å². The lowest BCUT2D eigenvalue weighted by molar-refractivity contribution is -0.130. The van der Waals surface area contributed by atoms with Gasteiger partial charge in [0.25, 0.3) is 0 Å². The van der Waals surface area contributed by atoms with Gasteiger partial charge in [-0.1, -0.05) is 30.3 Å². The van der Waals surface area contributed by atoms with Crippen LogP contribution in [0.15, 0.2) is 30.3 Å². The van der Waals surface area contributed by atoms with Gasteiger partial charge in [0.1, 0.15) is 0 Å². The Hall–Kier alpha value is -1.40. The normalized spacial score (nSPS) is 20.3. The maximum absolute atomic E-state index is 12.0. The van der Waals surface area contributed by atoms with Crippen LogP contribution in [-0.4, -0.2) is 56.9 Å². The van der Waals surface area contributed by atoms with Crippen molar-refractivity contribution in [3.8, 4) is 0 Å². The molecule has 1 amide bonds. The third kappa shape index (κ3) is 4.82. The van der Waals surface area contributed by atoms with Gasteiger partial charge in [-0.05, 0) is 24.9 Å². The highest BCUT2D eigenvalue weighted by molar-refractivity contribution is 7.91. The Morgan fingerprint density at radius 2 is 2.05 bits per heavy atom. The van der Waals surface area contributed by atoms with Crippen LogP contribution in [0.3, 0.4) is 0 Å². The fourth-order valence-electron chi connectivity index (χ4n) is 2.48. The van der Waals surface area contributed by atoms with E-state index in [0.29, 0.717) is 6.42 Å². The van der Waals surface area contributed by atoms with Crippen LogP contribution in [0.2, 0.25) is 0 Å². The topological polar surface area (TPSA) is 66.5 Å². The quantitative estimate of drug-likeness (QED) is 0.776. The zero-order chi connectivity index (χ0) is 15.3. The summed E-state index contributed by atoms with van der Waals surface area (Å²) in [6, 6.07) is 9.91. The summed E-state index contributed by atoms with van der Waals surface area (Å²) < 4.78 is 22.9. The second kappa shape index (κ2) is 7.04. The lowest BCUT2D eigenvalue weighted by Crippen LogP contribution is -2.42. The van der Waals surface area contributed by atoms with Gasteiger partial charge < -0.3 is 10.2 Å². The largest absolute Gasteiger partial charge is 0.341 e. The molecular weight excluding hydrogens is 288 g/mol. The van der Waals surface area contributed by atoms with E-state index >= 15 is 0 Å². The van der Waals surface area contributed by atoms with Gasteiger partial charge in [0, 0.05) is 13.1 Å². The summed E-state index contributed by atoms with van der Waals surface area (Å²) >= 11 is 0. The second-order valence-corrected chi connectivity index (χ2v) is 7.70. The Morgan fingerprint density at radius 3 is 2.67 bits per heavy atom. The van der Waals surface area contributed by atoms with Crippen LogP contribution in [0.4, 0.5) is 0 Å². The first-order chi connectivity index (χ1) is 9.98. The van der Waals surface area contributed by atoms with Crippen molar-refractivity contribution in [3.63, 3.8) is 0 Å². The molecule has 5 nitrogen and oxygen atoms in total. The number of hydrogen-bond donors (Lipinski definition) is 1. The molecule has 0 radical (unpaired) electrons. The fourth-order valence-corrected chi connectivity index (χ4v) is 4.26. The van der Waals surface area contributed by atoms with Crippen molar-refractivity contribution in [2.75, 3.05) is 31.6 Å². The minimum absolute atomic E-state index is 0.0508. The Morgan fingerprint density at radius 1 is 1.33 bits per heavy atom. The van der Waals surface area contributed by atoms with Crippen LogP contribution in [-0.2, 0) is 21.1 Å². The van der Waals surface area contributed by atoms with Crippen molar-refractivity contribution in [2.45, 2.75) is 18.9 Å². The van der Waals surface area contributed by atoms with Crippen molar-refractivity contribution in [3.05, 3.63) is 35.9 Å². The molecule has 0 saturated carbocycles. The van der Waals surface area contributed by atoms with E-state index in [-0.39, 0.29) is 30.0 Å². The number of nitrogens with zero attached hydrogens (tertiary/aromatic N) is 1. The lowest BCUT2D eigenvalue weighted by Gasteiger charge is -2.23. The predicted octanol–water partition coefficient (Wildman–Crippen LogP) is 0.464. The summed E-state index contributed by atoms with van der Waals surface area (Å²) in [6.45, 7) is 0.979. The number of likely N-dealkylation sites (N-methyl/N-ethyl adjacent to an activating group) is 1. The second-order valence-electron chi connectivity index (χ2n) is 5.47. The number of nitrogens with one attached hydrogen (secondary N) is 1. The third-order valence-electron chi connectivity index (χ3n) is 3.86. The smallest absolute Gasteiger partial charge is 0.236 e. The molecule has 1 aliphatic rings. The average Bonchev–Trinajstić information content (AvgIpc) is 2.84. The van der Waals surface area contributed by atoms with Crippen molar-refractivity contribution < 1.29 is 13.2 Å². The fraction of sp³-hybridized carbons (Fsp3) is 0.533. The zero-order valence-corrected chi connectivity index (χ0v) is 13.1. The van der Waals surface area contributed by atoms with Gasteiger partial charge in [0.2, 0.25) is 5.91 Å². The molecule has 1 saturated heterocycles. The molecule has 1 N–H and O–H groups in total. The monoisotopic (exact) mass is 310 g/mol. The molecule has 1 aromatic carbocycles. The standard InChI is InChI=1S/C15H22N2O3S/c1-17(14-8-10-21(19,20)12-14)15(18)11-16-9-7-13-5-3-2-4-6-13/h2-6,14,16H,7-12H2,1H3. The molecule has 0 aromatic heterocycles. The molecule has 2 rings (SSSR count). The predicted molar refractivity (Wildman–Crippen MR) is 82.8 cm³/mol. The SMILES string of the molecule is CN(C(=O)CNCCc1ccccc1)C1CCS(=O)(=O)C1. The van der Waals surface area contributed by atoms with Gasteiger partial charge >= 0.3 is 0 Å². The maximum Gasteiger partial charge on any atom is 0.236 e. The van der Waals surface area contributed by atoms with Gasteiger partial charge in [-0.15, -0.1) is 0 Å². The molecular formula is C15H22N2O3S. The van der Waals surface area contributed by atoms with Crippen LogP contribution >= 0.6 is 0 Å². The summed E-state index contributed by atoms with van der Waals surface area (Å²) in [7, 11) is -1.26. The highest BCUT2D eigenvalue weighted by Crippen LogP contribution is 2.16. The molecule has 1 atom stereocenters. The van der Waals surface area contributed by atoms with Crippen LogP contribution in [0.25, 0.3) is 0 Å². The molecule has 116 valence electrons. The summed E-state index contributed by atoms with van der Waals surface area (Å²) in [4.78, 5) is 13.6. The van der Waals surface area contributed by atoms with E-state index in [2.05, 4.69) is 17.4 Å². The molecule has 0 bridgehead atoms. The Kier molecular flexibility index (Phi) is 5.36. The minimum atomic E-state index is -2.95. The summed E-state index contributed by atoms with van der Waals surface area (Å²) in [5, 5.41) is 3.12. The Labute approximate surface area is 126 Å². The first-order valence-corrected chi connectivity index (χ1v) is 9.01. The maximum atomic E-state index is 12.0. The average molecular weight is 310 g/mol. The van der Waals surface area contributed by atoms with Crippen molar-refractivity contribution in [1.29, 1.82) is 0 Å². The highest BCUT2D eigenvalue weighted by Gasteiger charge is 2.32. The number of hydrogen-bond acceptors (Lipinski definition) is 4. The number of carbonyl (C=O) groups excluding carboxylic acids is 1. The van der Waals surface area contributed by atoms with Crippen LogP contribution < -0.4 is 5.32 Å². The summed E-state index contributed by atoms with van der Waals surface area (Å²) in [5.41, 5.74) is 1.23. The van der Waals surface area contributed by atoms with Crippen molar-refractivity contribution >= 4 is 15.7 Å². The van der Waals surface area contributed by atoms with E-state index in [0.717, 1.165) is 13.0 Å². The van der Waals surface area contributed by atoms with Gasteiger partial charge in [0.15, 0.2) is 9.84 Å². The number of benzene rings is 1. The van der Waals surface area contributed by atoms with Gasteiger partial charge in [-0.2, -0.15) is 0 Å². The lowest BCUT2D eigenvalue weighted by atomic mass is 10.1. The van der Waals surface area contributed by atoms with Gasteiger partial charge in [0.05, 0.1) is 18.1 Å². The summed E-state index contributed by atoms with van der Waals surface area (Å²) in [5.74, 6) is 0.237. The Balaban J connectivity index is 1.70. The molecule has 1 aliphatic heterocycles. The number of amides is 1. The first-order valence-electron chi connectivity index (χ1n) is 7.19. The highest BCUT2D eigenvalue weighted by atomic mass is 32.2. The van der Waals surface area contributed by atoms with E-state index in [9.17, 15) is 13.2 Å². The molecule has 1 unspecified atom stereocenters.